The Kier molecular flexibility index (Phi) is 10.9. The summed E-state index contributed by atoms with van der Waals surface area (Å²) < 4.78 is 5.51. The maximum absolute atomic E-state index is 5.51. The van der Waals surface area contributed by atoms with E-state index < -0.39 is 0 Å². The van der Waals surface area contributed by atoms with E-state index in [9.17, 15) is 0 Å². The fraction of sp³-hybridized carbons (Fsp3) is 0.708. The number of ether oxygens (including phenoxy) is 1. The van der Waals surface area contributed by atoms with Crippen molar-refractivity contribution in [2.24, 2.45) is 22.7 Å². The summed E-state index contributed by atoms with van der Waals surface area (Å²) in [5, 5.41) is 3.43. The van der Waals surface area contributed by atoms with Crippen LogP contribution >= 0.6 is 24.0 Å². The smallest absolute Gasteiger partial charge is 0.193 e. The maximum atomic E-state index is 5.51. The summed E-state index contributed by atoms with van der Waals surface area (Å²) >= 11 is 0. The topological polar surface area (TPSA) is 40.1 Å². The summed E-state index contributed by atoms with van der Waals surface area (Å²) in [4.78, 5) is 9.73. The molecule has 0 bridgehead atoms. The molecule has 2 saturated heterocycles. The number of hydrogen-bond donors (Lipinski definition) is 1. The molecule has 0 radical (unpaired) electrons. The van der Waals surface area contributed by atoms with Crippen LogP contribution in [0.5, 0.6) is 0 Å². The Morgan fingerprint density at radius 3 is 2.43 bits per heavy atom. The predicted octanol–water partition coefficient (Wildman–Crippen LogP) is 4.22. The summed E-state index contributed by atoms with van der Waals surface area (Å²) in [6.07, 6.45) is 2.52. The van der Waals surface area contributed by atoms with Crippen LogP contribution in [-0.2, 0) is 17.8 Å². The molecule has 0 aliphatic carbocycles. The zero-order chi connectivity index (χ0) is 20.6. The van der Waals surface area contributed by atoms with Crippen molar-refractivity contribution in [3.63, 3.8) is 0 Å². The molecule has 0 spiro atoms. The monoisotopic (exact) mass is 528 g/mol. The molecule has 5 nitrogen and oxygen atoms in total. The van der Waals surface area contributed by atoms with Gasteiger partial charge in [0.2, 0.25) is 0 Å². The summed E-state index contributed by atoms with van der Waals surface area (Å²) in [5.74, 6) is 3.22. The molecule has 170 valence electrons. The van der Waals surface area contributed by atoms with Crippen molar-refractivity contribution in [1.82, 2.24) is 15.1 Å². The highest BCUT2D eigenvalue weighted by Crippen LogP contribution is 2.22. The Morgan fingerprint density at radius 2 is 1.83 bits per heavy atom. The number of aliphatic imine (C=N–C) groups is 1. The van der Waals surface area contributed by atoms with E-state index >= 15 is 0 Å². The molecular weight excluding hydrogens is 487 g/mol. The number of rotatable bonds is 7. The second kappa shape index (κ2) is 12.9. The van der Waals surface area contributed by atoms with Gasteiger partial charge in [-0.05, 0) is 42.7 Å². The number of nitrogens with one attached hydrogen (secondary N) is 1. The summed E-state index contributed by atoms with van der Waals surface area (Å²) in [6.45, 7) is 14.8. The first-order valence-electron chi connectivity index (χ1n) is 11.4. The summed E-state index contributed by atoms with van der Waals surface area (Å²) in [7, 11) is 2.13. The number of likely N-dealkylation sites (tertiary alicyclic amines) is 1. The molecule has 30 heavy (non-hydrogen) atoms. The van der Waals surface area contributed by atoms with Gasteiger partial charge >= 0.3 is 0 Å². The van der Waals surface area contributed by atoms with Crippen LogP contribution in [-0.4, -0.2) is 62.2 Å². The number of piperidine rings is 1. The van der Waals surface area contributed by atoms with Gasteiger partial charge in [-0.2, -0.15) is 0 Å². The molecule has 1 N–H and O–H groups in total. The summed E-state index contributed by atoms with van der Waals surface area (Å²) in [5.41, 5.74) is 2.67. The van der Waals surface area contributed by atoms with Crippen LogP contribution in [0.1, 0.15) is 44.7 Å². The van der Waals surface area contributed by atoms with Crippen LogP contribution in [0.25, 0.3) is 0 Å². The molecule has 3 rings (SSSR count). The van der Waals surface area contributed by atoms with E-state index in [-0.39, 0.29) is 24.0 Å². The molecule has 2 aliphatic rings. The number of nitrogens with zero attached hydrogens (tertiary/aromatic N) is 3. The minimum atomic E-state index is 0. The molecule has 3 unspecified atom stereocenters. The third-order valence-corrected chi connectivity index (χ3v) is 6.04. The maximum Gasteiger partial charge on any atom is 0.193 e. The van der Waals surface area contributed by atoms with Gasteiger partial charge in [0.15, 0.2) is 5.96 Å². The van der Waals surface area contributed by atoms with Gasteiger partial charge in [0.1, 0.15) is 0 Å². The van der Waals surface area contributed by atoms with E-state index in [0.29, 0.717) is 12.5 Å². The van der Waals surface area contributed by atoms with Crippen LogP contribution < -0.4 is 5.32 Å². The zero-order valence-electron chi connectivity index (χ0n) is 19.3. The fourth-order valence-electron chi connectivity index (χ4n) is 4.77. The Hall–Kier alpha value is -0.860. The largest absolute Gasteiger partial charge is 0.381 e. The number of hydrogen-bond acceptors (Lipinski definition) is 3. The van der Waals surface area contributed by atoms with Crippen molar-refractivity contribution < 1.29 is 4.74 Å². The lowest BCUT2D eigenvalue weighted by atomic mass is 9.91. The Bertz CT molecular complexity index is 635. The van der Waals surface area contributed by atoms with Crippen molar-refractivity contribution in [2.45, 2.75) is 46.7 Å². The molecule has 2 aliphatic heterocycles. The first kappa shape index (κ1) is 25.4. The quantitative estimate of drug-likeness (QED) is 0.327. The van der Waals surface area contributed by atoms with Crippen LogP contribution in [0.15, 0.2) is 29.3 Å². The third-order valence-electron chi connectivity index (χ3n) is 6.04. The lowest BCUT2D eigenvalue weighted by Crippen LogP contribution is -2.41. The van der Waals surface area contributed by atoms with Crippen LogP contribution in [0.4, 0.5) is 0 Å². The summed E-state index contributed by atoms with van der Waals surface area (Å²) in [6, 6.07) is 9.04. The van der Waals surface area contributed by atoms with Gasteiger partial charge in [-0.1, -0.05) is 38.1 Å². The van der Waals surface area contributed by atoms with Crippen molar-refractivity contribution in [2.75, 3.05) is 46.4 Å². The van der Waals surface area contributed by atoms with E-state index in [1.54, 1.807) is 0 Å². The molecule has 6 heteroatoms. The van der Waals surface area contributed by atoms with Crippen LogP contribution in [0, 0.1) is 17.8 Å². The van der Waals surface area contributed by atoms with E-state index in [4.69, 9.17) is 9.73 Å². The van der Waals surface area contributed by atoms with Gasteiger partial charge < -0.3 is 15.0 Å². The Morgan fingerprint density at radius 1 is 1.17 bits per heavy atom. The average molecular weight is 529 g/mol. The lowest BCUT2D eigenvalue weighted by Gasteiger charge is -2.35. The average Bonchev–Trinajstić information content (AvgIpc) is 3.18. The molecule has 2 fully saturated rings. The van der Waals surface area contributed by atoms with E-state index in [1.165, 1.54) is 30.6 Å². The standard InChI is InChI=1S/C24H40N4O.HI/c1-5-25-24(27(4)16-23-10-11-29-18-23)26-13-21-6-8-22(9-7-21)17-28-14-19(2)12-20(3)15-28;/h6-9,19-20,23H,5,10-18H2,1-4H3,(H,25,26);1H. The van der Waals surface area contributed by atoms with Gasteiger partial charge in [0.25, 0.3) is 0 Å². The molecule has 0 saturated carbocycles. The second-order valence-corrected chi connectivity index (χ2v) is 9.24. The molecule has 2 heterocycles. The Labute approximate surface area is 200 Å². The number of halogens is 1. The molecule has 3 atom stereocenters. The SMILES string of the molecule is CCNC(=NCc1ccc(CN2CC(C)CC(C)C2)cc1)N(C)CC1CCOC1.I. The van der Waals surface area contributed by atoms with E-state index in [2.05, 4.69) is 67.2 Å². The lowest BCUT2D eigenvalue weighted by molar-refractivity contribution is 0.134. The molecule has 1 aromatic rings. The fourth-order valence-corrected chi connectivity index (χ4v) is 4.77. The number of guanidine groups is 1. The molecular formula is C24H41IN4O. The van der Waals surface area contributed by atoms with Gasteiger partial charge in [-0.3, -0.25) is 4.90 Å². The second-order valence-electron chi connectivity index (χ2n) is 9.24. The van der Waals surface area contributed by atoms with Gasteiger partial charge in [0.05, 0.1) is 13.2 Å². The highest BCUT2D eigenvalue weighted by atomic mass is 127. The van der Waals surface area contributed by atoms with Crippen molar-refractivity contribution >= 4 is 29.9 Å². The van der Waals surface area contributed by atoms with Gasteiger partial charge in [-0.25, -0.2) is 4.99 Å². The van der Waals surface area contributed by atoms with E-state index in [0.717, 1.165) is 57.1 Å². The minimum Gasteiger partial charge on any atom is -0.381 e. The molecule has 0 aromatic heterocycles. The normalized spacial score (nSPS) is 25.1. The third kappa shape index (κ3) is 8.00. The highest BCUT2D eigenvalue weighted by Gasteiger charge is 2.21. The zero-order valence-corrected chi connectivity index (χ0v) is 21.6. The first-order valence-corrected chi connectivity index (χ1v) is 11.4. The van der Waals surface area contributed by atoms with Crippen molar-refractivity contribution in [1.29, 1.82) is 0 Å². The minimum absolute atomic E-state index is 0. The van der Waals surface area contributed by atoms with Crippen molar-refractivity contribution in [3.8, 4) is 0 Å². The Balaban J connectivity index is 0.00000320. The molecule has 0 amide bonds. The van der Waals surface area contributed by atoms with Crippen LogP contribution in [0.3, 0.4) is 0 Å². The highest BCUT2D eigenvalue weighted by molar-refractivity contribution is 14.0. The van der Waals surface area contributed by atoms with Gasteiger partial charge in [-0.15, -0.1) is 24.0 Å². The predicted molar refractivity (Wildman–Crippen MR) is 136 cm³/mol. The van der Waals surface area contributed by atoms with Crippen molar-refractivity contribution in [3.05, 3.63) is 35.4 Å². The van der Waals surface area contributed by atoms with Gasteiger partial charge in [0, 0.05) is 52.3 Å². The number of benzene rings is 1. The first-order chi connectivity index (χ1) is 14.0. The van der Waals surface area contributed by atoms with Crippen LogP contribution in [0.2, 0.25) is 0 Å². The van der Waals surface area contributed by atoms with E-state index in [1.807, 2.05) is 0 Å². The molecule has 1 aromatic carbocycles.